The van der Waals surface area contributed by atoms with Crippen molar-refractivity contribution in [2.45, 2.75) is 12.8 Å². The summed E-state index contributed by atoms with van der Waals surface area (Å²) >= 11 is 3.47. The normalized spacial score (nSPS) is 12.4. The second-order valence-corrected chi connectivity index (χ2v) is 4.80. The summed E-state index contributed by atoms with van der Waals surface area (Å²) in [7, 11) is 0. The van der Waals surface area contributed by atoms with Crippen LogP contribution in [0, 0.1) is 5.82 Å². The van der Waals surface area contributed by atoms with Gasteiger partial charge in [0.25, 0.3) is 0 Å². The first-order valence-electron chi connectivity index (χ1n) is 5.63. The average molecular weight is 293 g/mol. The van der Waals surface area contributed by atoms with Gasteiger partial charge in [-0.2, -0.15) is 0 Å². The molecular weight excluding hydrogens is 279 g/mol. The molecule has 2 aromatic rings. The molecule has 0 aliphatic heterocycles. The number of alkyl halides is 1. The number of benzene rings is 2. The van der Waals surface area contributed by atoms with Gasteiger partial charge >= 0.3 is 0 Å². The third-order valence-electron chi connectivity index (χ3n) is 2.90. The van der Waals surface area contributed by atoms with E-state index >= 15 is 0 Å². The highest BCUT2D eigenvalue weighted by atomic mass is 79.9. The molecule has 0 spiro atoms. The van der Waals surface area contributed by atoms with Crippen LogP contribution in [0.2, 0.25) is 0 Å². The van der Waals surface area contributed by atoms with E-state index in [9.17, 15) is 4.39 Å². The fraction of sp³-hybridized carbons (Fsp3) is 0.200. The molecule has 0 nitrogen and oxygen atoms in total. The Morgan fingerprint density at radius 3 is 2.29 bits per heavy atom. The topological polar surface area (TPSA) is 0 Å². The molecule has 0 fully saturated rings. The first-order valence-corrected chi connectivity index (χ1v) is 6.75. The quantitative estimate of drug-likeness (QED) is 0.699. The zero-order valence-corrected chi connectivity index (χ0v) is 11.2. The van der Waals surface area contributed by atoms with Gasteiger partial charge in [-0.15, -0.1) is 0 Å². The van der Waals surface area contributed by atoms with Gasteiger partial charge in [0.05, 0.1) is 0 Å². The van der Waals surface area contributed by atoms with Gasteiger partial charge in [0.15, 0.2) is 0 Å². The largest absolute Gasteiger partial charge is 0.206 e. The summed E-state index contributed by atoms with van der Waals surface area (Å²) in [5.74, 6) is 0.304. The molecule has 0 bridgehead atoms. The second-order valence-electron chi connectivity index (χ2n) is 4.16. The van der Waals surface area contributed by atoms with Crippen molar-refractivity contribution in [3.05, 3.63) is 59.9 Å². The van der Waals surface area contributed by atoms with Crippen LogP contribution in [-0.2, 0) is 0 Å². The van der Waals surface area contributed by atoms with Crippen LogP contribution in [0.15, 0.2) is 48.5 Å². The molecule has 0 amide bonds. The molecule has 0 heterocycles. The molecule has 17 heavy (non-hydrogen) atoms. The number of hydrogen-bond donors (Lipinski definition) is 0. The highest BCUT2D eigenvalue weighted by Crippen LogP contribution is 2.25. The summed E-state index contributed by atoms with van der Waals surface area (Å²) in [5.41, 5.74) is 2.85. The summed E-state index contributed by atoms with van der Waals surface area (Å²) < 4.78 is 13.6. The molecule has 2 heteroatoms. The van der Waals surface area contributed by atoms with Crippen LogP contribution in [-0.4, -0.2) is 5.33 Å². The van der Waals surface area contributed by atoms with Gasteiger partial charge in [0, 0.05) is 10.9 Å². The number of halogens is 2. The van der Waals surface area contributed by atoms with E-state index in [1.54, 1.807) is 12.1 Å². The Kier molecular flexibility index (Phi) is 3.95. The van der Waals surface area contributed by atoms with Crippen LogP contribution in [0.3, 0.4) is 0 Å². The Balaban J connectivity index is 2.33. The molecule has 0 aliphatic carbocycles. The van der Waals surface area contributed by atoms with Crippen molar-refractivity contribution in [1.82, 2.24) is 0 Å². The summed E-state index contributed by atoms with van der Waals surface area (Å²) in [5, 5.41) is 0.937. The fourth-order valence-corrected chi connectivity index (χ4v) is 2.15. The molecule has 2 aromatic carbocycles. The summed E-state index contributed by atoms with van der Waals surface area (Å²) in [6, 6.07) is 14.9. The minimum absolute atomic E-state index is 0.172. The molecule has 0 saturated heterocycles. The zero-order chi connectivity index (χ0) is 12.3. The van der Waals surface area contributed by atoms with E-state index in [4.69, 9.17) is 0 Å². The lowest BCUT2D eigenvalue weighted by Crippen LogP contribution is -1.94. The predicted octanol–water partition coefficient (Wildman–Crippen LogP) is 4.99. The Hall–Kier alpha value is -1.15. The van der Waals surface area contributed by atoms with Gasteiger partial charge in [-0.05, 0) is 23.1 Å². The molecule has 1 atom stereocenters. The van der Waals surface area contributed by atoms with Gasteiger partial charge in [-0.25, -0.2) is 4.39 Å². The highest BCUT2D eigenvalue weighted by Gasteiger charge is 2.06. The third-order valence-corrected chi connectivity index (χ3v) is 3.87. The van der Waals surface area contributed by atoms with Gasteiger partial charge < -0.3 is 0 Å². The van der Waals surface area contributed by atoms with E-state index in [1.165, 1.54) is 11.6 Å². The Bertz CT molecular complexity index is 491. The van der Waals surface area contributed by atoms with Crippen LogP contribution in [0.5, 0.6) is 0 Å². The van der Waals surface area contributed by atoms with Crippen molar-refractivity contribution >= 4 is 15.9 Å². The average Bonchev–Trinajstić information content (AvgIpc) is 2.39. The maximum absolute atomic E-state index is 13.6. The predicted molar refractivity (Wildman–Crippen MR) is 74.0 cm³/mol. The Morgan fingerprint density at radius 2 is 1.71 bits per heavy atom. The lowest BCUT2D eigenvalue weighted by molar-refractivity contribution is 0.631. The molecule has 0 N–H and O–H groups in total. The molecule has 2 rings (SSSR count). The van der Waals surface area contributed by atoms with Crippen LogP contribution in [0.25, 0.3) is 11.1 Å². The SMILES string of the molecule is CC(CBr)c1ccc(-c2ccccc2F)cc1. The first-order chi connectivity index (χ1) is 8.22. The highest BCUT2D eigenvalue weighted by molar-refractivity contribution is 9.09. The first kappa shape index (κ1) is 12.3. The summed E-state index contributed by atoms with van der Waals surface area (Å²) in [6.07, 6.45) is 0. The van der Waals surface area contributed by atoms with Crippen LogP contribution in [0.4, 0.5) is 4.39 Å². The maximum atomic E-state index is 13.6. The third kappa shape index (κ3) is 2.75. The Labute approximate surface area is 110 Å². The van der Waals surface area contributed by atoms with Crippen molar-refractivity contribution in [2.24, 2.45) is 0 Å². The second kappa shape index (κ2) is 5.46. The molecule has 1 unspecified atom stereocenters. The smallest absolute Gasteiger partial charge is 0.131 e. The molecule has 0 radical (unpaired) electrons. The van der Waals surface area contributed by atoms with Crippen molar-refractivity contribution in [3.8, 4) is 11.1 Å². The lowest BCUT2D eigenvalue weighted by atomic mass is 9.98. The lowest BCUT2D eigenvalue weighted by Gasteiger charge is -2.09. The standard InChI is InChI=1S/C15H14BrF/c1-11(10-16)12-6-8-13(9-7-12)14-4-2-3-5-15(14)17/h2-9,11H,10H2,1H3. The van der Waals surface area contributed by atoms with Gasteiger partial charge in [-0.3, -0.25) is 0 Å². The molecular formula is C15H14BrF. The summed E-state index contributed by atoms with van der Waals surface area (Å²) in [6.45, 7) is 2.16. The molecule has 88 valence electrons. The Morgan fingerprint density at radius 1 is 1.06 bits per heavy atom. The minimum atomic E-state index is -0.172. The van der Waals surface area contributed by atoms with Crippen molar-refractivity contribution in [3.63, 3.8) is 0 Å². The maximum Gasteiger partial charge on any atom is 0.131 e. The van der Waals surface area contributed by atoms with Gasteiger partial charge in [0.2, 0.25) is 0 Å². The van der Waals surface area contributed by atoms with Crippen LogP contribution in [0.1, 0.15) is 18.4 Å². The zero-order valence-electron chi connectivity index (χ0n) is 9.66. The van der Waals surface area contributed by atoms with Crippen LogP contribution >= 0.6 is 15.9 Å². The van der Waals surface area contributed by atoms with E-state index in [-0.39, 0.29) is 5.82 Å². The van der Waals surface area contributed by atoms with Crippen molar-refractivity contribution < 1.29 is 4.39 Å². The number of rotatable bonds is 3. The van der Waals surface area contributed by atoms with E-state index in [1.807, 2.05) is 18.2 Å². The number of hydrogen-bond acceptors (Lipinski definition) is 0. The van der Waals surface area contributed by atoms with Gasteiger partial charge in [0.1, 0.15) is 5.82 Å². The fourth-order valence-electron chi connectivity index (χ4n) is 1.78. The van der Waals surface area contributed by atoms with Gasteiger partial charge in [-0.1, -0.05) is 65.3 Å². The minimum Gasteiger partial charge on any atom is -0.206 e. The van der Waals surface area contributed by atoms with E-state index in [0.29, 0.717) is 11.5 Å². The van der Waals surface area contributed by atoms with E-state index in [0.717, 1.165) is 10.9 Å². The van der Waals surface area contributed by atoms with E-state index < -0.39 is 0 Å². The van der Waals surface area contributed by atoms with Crippen molar-refractivity contribution in [2.75, 3.05) is 5.33 Å². The van der Waals surface area contributed by atoms with E-state index in [2.05, 4.69) is 35.0 Å². The summed E-state index contributed by atoms with van der Waals surface area (Å²) in [4.78, 5) is 0. The van der Waals surface area contributed by atoms with Crippen molar-refractivity contribution in [1.29, 1.82) is 0 Å². The molecule has 0 aromatic heterocycles. The molecule has 0 aliphatic rings. The monoisotopic (exact) mass is 292 g/mol. The molecule has 0 saturated carbocycles. The van der Waals surface area contributed by atoms with Crippen LogP contribution < -0.4 is 0 Å².